The number of H-pyrrole nitrogens is 1. The van der Waals surface area contributed by atoms with Crippen molar-refractivity contribution in [3.8, 4) is 5.75 Å². The standard InChI is InChI=1S/C14H18N2O2S/c1-3-17-12-6-4-5-11-13(12)15-14(19)16(11)10-7-8-18-9(10)2/h4-6,9-10H,3,7-8H2,1-2H3,(H,15,19). The van der Waals surface area contributed by atoms with Crippen LogP contribution in [0.25, 0.3) is 11.0 Å². The molecule has 0 aliphatic carbocycles. The molecule has 0 spiro atoms. The summed E-state index contributed by atoms with van der Waals surface area (Å²) < 4.78 is 14.2. The molecule has 2 unspecified atom stereocenters. The highest BCUT2D eigenvalue weighted by Crippen LogP contribution is 2.32. The highest BCUT2D eigenvalue weighted by Gasteiger charge is 2.28. The summed E-state index contributed by atoms with van der Waals surface area (Å²) in [4.78, 5) is 3.28. The van der Waals surface area contributed by atoms with E-state index in [0.29, 0.717) is 12.6 Å². The number of nitrogens with one attached hydrogen (secondary N) is 1. The van der Waals surface area contributed by atoms with Crippen LogP contribution in [-0.4, -0.2) is 28.9 Å². The van der Waals surface area contributed by atoms with Gasteiger partial charge in [-0.3, -0.25) is 0 Å². The Morgan fingerprint density at radius 2 is 2.37 bits per heavy atom. The van der Waals surface area contributed by atoms with Crippen molar-refractivity contribution >= 4 is 23.3 Å². The summed E-state index contributed by atoms with van der Waals surface area (Å²) >= 11 is 5.48. The van der Waals surface area contributed by atoms with Crippen LogP contribution in [-0.2, 0) is 4.74 Å². The summed E-state index contributed by atoms with van der Waals surface area (Å²) in [5.74, 6) is 0.858. The first kappa shape index (κ1) is 12.7. The van der Waals surface area contributed by atoms with Gasteiger partial charge >= 0.3 is 0 Å². The number of ether oxygens (including phenoxy) is 2. The van der Waals surface area contributed by atoms with Crippen LogP contribution in [0, 0.1) is 4.77 Å². The molecule has 1 saturated heterocycles. The highest BCUT2D eigenvalue weighted by atomic mass is 32.1. The lowest BCUT2D eigenvalue weighted by atomic mass is 10.1. The maximum atomic E-state index is 5.66. The highest BCUT2D eigenvalue weighted by molar-refractivity contribution is 7.71. The van der Waals surface area contributed by atoms with Crippen LogP contribution in [0.5, 0.6) is 5.75 Å². The normalized spacial score (nSPS) is 23.1. The largest absolute Gasteiger partial charge is 0.492 e. The number of hydrogen-bond donors (Lipinski definition) is 1. The van der Waals surface area contributed by atoms with Gasteiger partial charge in [0.2, 0.25) is 0 Å². The maximum absolute atomic E-state index is 5.66. The number of aromatic amines is 1. The molecule has 1 N–H and O–H groups in total. The van der Waals surface area contributed by atoms with Gasteiger partial charge in [-0.25, -0.2) is 0 Å². The zero-order valence-corrected chi connectivity index (χ0v) is 12.0. The van der Waals surface area contributed by atoms with E-state index in [0.717, 1.165) is 34.6 Å². The van der Waals surface area contributed by atoms with Crippen LogP contribution in [0.1, 0.15) is 26.3 Å². The van der Waals surface area contributed by atoms with Crippen molar-refractivity contribution in [3.05, 3.63) is 23.0 Å². The van der Waals surface area contributed by atoms with Gasteiger partial charge in [0, 0.05) is 6.61 Å². The van der Waals surface area contributed by atoms with E-state index in [1.807, 2.05) is 19.1 Å². The first-order valence-corrected chi connectivity index (χ1v) is 7.11. The summed E-state index contributed by atoms with van der Waals surface area (Å²) in [5, 5.41) is 0. The van der Waals surface area contributed by atoms with Gasteiger partial charge in [-0.1, -0.05) is 6.07 Å². The van der Waals surface area contributed by atoms with Gasteiger partial charge in [-0.2, -0.15) is 0 Å². The Kier molecular flexibility index (Phi) is 3.33. The van der Waals surface area contributed by atoms with E-state index in [2.05, 4.69) is 22.5 Å². The summed E-state index contributed by atoms with van der Waals surface area (Å²) in [5.41, 5.74) is 2.08. The van der Waals surface area contributed by atoms with Crippen molar-refractivity contribution in [2.75, 3.05) is 13.2 Å². The Balaban J connectivity index is 2.17. The zero-order valence-electron chi connectivity index (χ0n) is 11.2. The molecule has 1 fully saturated rings. The summed E-state index contributed by atoms with van der Waals surface area (Å²) in [6, 6.07) is 6.36. The topological polar surface area (TPSA) is 39.2 Å². The van der Waals surface area contributed by atoms with Crippen molar-refractivity contribution in [1.82, 2.24) is 9.55 Å². The lowest BCUT2D eigenvalue weighted by Crippen LogP contribution is -2.16. The Bertz CT molecular complexity index is 646. The fourth-order valence-corrected chi connectivity index (χ4v) is 3.12. The lowest BCUT2D eigenvalue weighted by Gasteiger charge is -2.17. The first-order valence-electron chi connectivity index (χ1n) is 6.70. The molecule has 0 radical (unpaired) electrons. The lowest BCUT2D eigenvalue weighted by molar-refractivity contribution is 0.108. The van der Waals surface area contributed by atoms with Crippen molar-refractivity contribution in [1.29, 1.82) is 0 Å². The molecule has 102 valence electrons. The Morgan fingerprint density at radius 1 is 1.53 bits per heavy atom. The molecule has 0 bridgehead atoms. The van der Waals surface area contributed by atoms with Crippen molar-refractivity contribution in [2.45, 2.75) is 32.4 Å². The number of rotatable bonds is 3. The molecule has 19 heavy (non-hydrogen) atoms. The van der Waals surface area contributed by atoms with Gasteiger partial charge in [0.15, 0.2) is 4.77 Å². The smallest absolute Gasteiger partial charge is 0.178 e. The number of fused-ring (bicyclic) bond motifs is 1. The van der Waals surface area contributed by atoms with Crippen LogP contribution in [0.4, 0.5) is 0 Å². The van der Waals surface area contributed by atoms with E-state index in [9.17, 15) is 0 Å². The van der Waals surface area contributed by atoms with Gasteiger partial charge < -0.3 is 19.0 Å². The number of imidazole rings is 1. The fraction of sp³-hybridized carbons (Fsp3) is 0.500. The number of aromatic nitrogens is 2. The predicted molar refractivity (Wildman–Crippen MR) is 77.4 cm³/mol. The van der Waals surface area contributed by atoms with Gasteiger partial charge in [0.1, 0.15) is 11.3 Å². The fourth-order valence-electron chi connectivity index (χ4n) is 2.79. The third-order valence-electron chi connectivity index (χ3n) is 3.68. The van der Waals surface area contributed by atoms with Gasteiger partial charge in [-0.15, -0.1) is 0 Å². The molecule has 3 rings (SSSR count). The molecule has 2 atom stereocenters. The minimum absolute atomic E-state index is 0.196. The Morgan fingerprint density at radius 3 is 3.05 bits per heavy atom. The minimum Gasteiger partial charge on any atom is -0.492 e. The minimum atomic E-state index is 0.196. The second kappa shape index (κ2) is 4.98. The van der Waals surface area contributed by atoms with Crippen molar-refractivity contribution in [2.24, 2.45) is 0 Å². The summed E-state index contributed by atoms with van der Waals surface area (Å²) in [6.07, 6.45) is 1.20. The molecular formula is C14H18N2O2S. The van der Waals surface area contributed by atoms with Crippen LogP contribution in [0.15, 0.2) is 18.2 Å². The van der Waals surface area contributed by atoms with Gasteiger partial charge in [-0.05, 0) is 44.6 Å². The average Bonchev–Trinajstić information content (AvgIpc) is 2.93. The zero-order chi connectivity index (χ0) is 13.4. The van der Waals surface area contributed by atoms with E-state index in [1.54, 1.807) is 0 Å². The van der Waals surface area contributed by atoms with E-state index < -0.39 is 0 Å². The monoisotopic (exact) mass is 278 g/mol. The molecule has 1 aliphatic heterocycles. The van der Waals surface area contributed by atoms with Crippen molar-refractivity contribution < 1.29 is 9.47 Å². The van der Waals surface area contributed by atoms with Crippen LogP contribution in [0.2, 0.25) is 0 Å². The van der Waals surface area contributed by atoms with Crippen LogP contribution in [0.3, 0.4) is 0 Å². The summed E-state index contributed by atoms with van der Waals surface area (Å²) in [6.45, 7) is 5.53. The molecule has 2 aromatic rings. The predicted octanol–water partition coefficient (Wildman–Crippen LogP) is 3.45. The molecular weight excluding hydrogens is 260 g/mol. The Hall–Kier alpha value is -1.33. The van der Waals surface area contributed by atoms with Gasteiger partial charge in [0.05, 0.1) is 24.3 Å². The van der Waals surface area contributed by atoms with Crippen molar-refractivity contribution in [3.63, 3.8) is 0 Å². The summed E-state index contributed by atoms with van der Waals surface area (Å²) in [7, 11) is 0. The van der Waals surface area contributed by atoms with E-state index in [1.165, 1.54) is 0 Å². The molecule has 4 nitrogen and oxygen atoms in total. The third kappa shape index (κ3) is 2.07. The molecule has 1 aromatic heterocycles. The Labute approximate surface area is 117 Å². The van der Waals surface area contributed by atoms with Crippen LogP contribution < -0.4 is 4.74 Å². The third-order valence-corrected chi connectivity index (χ3v) is 3.98. The number of nitrogens with zero attached hydrogens (tertiary/aromatic N) is 1. The molecule has 2 heterocycles. The average molecular weight is 278 g/mol. The van der Waals surface area contributed by atoms with E-state index in [-0.39, 0.29) is 6.10 Å². The number of hydrogen-bond acceptors (Lipinski definition) is 3. The SMILES string of the molecule is CCOc1cccc2c1[nH]c(=S)n2C1CCOC1C. The van der Waals surface area contributed by atoms with Crippen LogP contribution >= 0.6 is 12.2 Å². The second-order valence-corrected chi connectivity index (χ2v) is 5.20. The van der Waals surface area contributed by atoms with E-state index in [4.69, 9.17) is 21.7 Å². The quantitative estimate of drug-likeness (QED) is 0.874. The molecule has 1 aliphatic rings. The number of benzene rings is 1. The van der Waals surface area contributed by atoms with Gasteiger partial charge in [0.25, 0.3) is 0 Å². The molecule has 0 saturated carbocycles. The first-order chi connectivity index (χ1) is 9.22. The molecule has 0 amide bonds. The molecule has 1 aromatic carbocycles. The van der Waals surface area contributed by atoms with E-state index >= 15 is 0 Å². The second-order valence-electron chi connectivity index (χ2n) is 4.82. The molecule has 5 heteroatoms. The number of para-hydroxylation sites is 1. The maximum Gasteiger partial charge on any atom is 0.178 e.